The molecule has 1 heterocycles. The number of aromatic nitrogens is 2. The third kappa shape index (κ3) is 2.32. The van der Waals surface area contributed by atoms with Gasteiger partial charge in [0.2, 0.25) is 0 Å². The number of hydrogen-bond acceptors (Lipinski definition) is 2. The maximum absolute atomic E-state index is 4.52. The minimum atomic E-state index is 0.668. The summed E-state index contributed by atoms with van der Waals surface area (Å²) in [6.45, 7) is 1.96. The summed E-state index contributed by atoms with van der Waals surface area (Å²) in [5.74, 6) is 1.54. The Morgan fingerprint density at radius 2 is 1.93 bits per heavy atom. The lowest BCUT2D eigenvalue weighted by Crippen LogP contribution is -2.07. The van der Waals surface area contributed by atoms with Crippen LogP contribution in [0.1, 0.15) is 49.5 Å². The fraction of sp³-hybridized carbons (Fsp3) is 0.636. The van der Waals surface area contributed by atoms with E-state index in [1.807, 2.05) is 6.92 Å². The molecule has 0 bridgehead atoms. The zero-order chi connectivity index (χ0) is 9.97. The molecule has 1 aromatic rings. The molecule has 0 unspecified atom stereocenters. The Hall–Kier alpha value is -0.440. The van der Waals surface area contributed by atoms with Gasteiger partial charge in [0.1, 0.15) is 10.4 Å². The molecule has 3 heteroatoms. The van der Waals surface area contributed by atoms with Gasteiger partial charge in [0, 0.05) is 11.6 Å². The fourth-order valence-corrected chi connectivity index (χ4v) is 2.65. The van der Waals surface area contributed by atoms with Crippen molar-refractivity contribution in [3.05, 3.63) is 22.2 Å². The summed E-state index contributed by atoms with van der Waals surface area (Å²) in [5.41, 5.74) is 1.23. The predicted molar refractivity (Wildman–Crippen MR) is 60.3 cm³/mol. The SMILES string of the molecule is Cc1nc(Br)cc(C2CCCCC2)n1. The zero-order valence-electron chi connectivity index (χ0n) is 8.46. The molecule has 0 radical (unpaired) electrons. The van der Waals surface area contributed by atoms with Crippen LogP contribution in [0.2, 0.25) is 0 Å². The van der Waals surface area contributed by atoms with Gasteiger partial charge in [-0.05, 0) is 41.8 Å². The first-order valence-corrected chi connectivity index (χ1v) is 6.06. The molecule has 0 N–H and O–H groups in total. The maximum Gasteiger partial charge on any atom is 0.126 e. The van der Waals surface area contributed by atoms with Crippen molar-refractivity contribution in [1.29, 1.82) is 0 Å². The first-order chi connectivity index (χ1) is 6.75. The lowest BCUT2D eigenvalue weighted by atomic mass is 9.87. The van der Waals surface area contributed by atoms with E-state index in [4.69, 9.17) is 0 Å². The van der Waals surface area contributed by atoms with Gasteiger partial charge in [-0.1, -0.05) is 19.3 Å². The van der Waals surface area contributed by atoms with Crippen molar-refractivity contribution in [2.45, 2.75) is 44.9 Å². The minimum Gasteiger partial charge on any atom is -0.238 e. The number of nitrogens with zero attached hydrogens (tertiary/aromatic N) is 2. The van der Waals surface area contributed by atoms with Gasteiger partial charge in [0.05, 0.1) is 0 Å². The van der Waals surface area contributed by atoms with Gasteiger partial charge in [0.25, 0.3) is 0 Å². The van der Waals surface area contributed by atoms with Crippen molar-refractivity contribution in [2.75, 3.05) is 0 Å². The second kappa shape index (κ2) is 4.39. The monoisotopic (exact) mass is 254 g/mol. The van der Waals surface area contributed by atoms with Gasteiger partial charge < -0.3 is 0 Å². The van der Waals surface area contributed by atoms with Crippen molar-refractivity contribution < 1.29 is 0 Å². The number of hydrogen-bond donors (Lipinski definition) is 0. The lowest BCUT2D eigenvalue weighted by Gasteiger charge is -2.21. The van der Waals surface area contributed by atoms with Crippen LogP contribution in [0, 0.1) is 6.92 Å². The van der Waals surface area contributed by atoms with Crippen LogP contribution < -0.4 is 0 Å². The Labute approximate surface area is 93.3 Å². The standard InChI is InChI=1S/C11H15BrN2/c1-8-13-10(7-11(12)14-8)9-5-3-2-4-6-9/h7,9H,2-6H2,1H3. The largest absolute Gasteiger partial charge is 0.238 e. The molecule has 1 aliphatic carbocycles. The average molecular weight is 255 g/mol. The number of aryl methyl sites for hydroxylation is 1. The van der Waals surface area contributed by atoms with E-state index in [9.17, 15) is 0 Å². The zero-order valence-corrected chi connectivity index (χ0v) is 10.0. The quantitative estimate of drug-likeness (QED) is 0.716. The molecule has 76 valence electrons. The summed E-state index contributed by atoms with van der Waals surface area (Å²) >= 11 is 3.43. The van der Waals surface area contributed by atoms with E-state index < -0.39 is 0 Å². The second-order valence-corrected chi connectivity index (χ2v) is 4.81. The summed E-state index contributed by atoms with van der Waals surface area (Å²) < 4.78 is 0.922. The second-order valence-electron chi connectivity index (χ2n) is 4.00. The highest BCUT2D eigenvalue weighted by molar-refractivity contribution is 9.10. The van der Waals surface area contributed by atoms with Crippen LogP contribution >= 0.6 is 15.9 Å². The highest BCUT2D eigenvalue weighted by Crippen LogP contribution is 2.32. The molecule has 0 amide bonds. The highest BCUT2D eigenvalue weighted by atomic mass is 79.9. The van der Waals surface area contributed by atoms with Crippen LogP contribution in [0.3, 0.4) is 0 Å². The Morgan fingerprint density at radius 3 is 2.57 bits per heavy atom. The molecule has 2 rings (SSSR count). The van der Waals surface area contributed by atoms with Crippen LogP contribution in [0.15, 0.2) is 10.7 Å². The highest BCUT2D eigenvalue weighted by Gasteiger charge is 2.17. The third-order valence-corrected chi connectivity index (χ3v) is 3.26. The Balaban J connectivity index is 2.21. The van der Waals surface area contributed by atoms with E-state index >= 15 is 0 Å². The Bertz CT molecular complexity index is 299. The molecule has 0 aromatic carbocycles. The predicted octanol–water partition coefficient (Wildman–Crippen LogP) is 3.60. The van der Waals surface area contributed by atoms with Gasteiger partial charge in [-0.25, -0.2) is 9.97 Å². The van der Waals surface area contributed by atoms with Gasteiger partial charge in [-0.3, -0.25) is 0 Å². The first-order valence-electron chi connectivity index (χ1n) is 5.27. The summed E-state index contributed by atoms with van der Waals surface area (Å²) in [6, 6.07) is 2.07. The molecule has 2 nitrogen and oxygen atoms in total. The fourth-order valence-electron chi connectivity index (χ4n) is 2.16. The molecular formula is C11H15BrN2. The Kier molecular flexibility index (Phi) is 3.16. The van der Waals surface area contributed by atoms with Crippen molar-refractivity contribution >= 4 is 15.9 Å². The molecule has 0 atom stereocenters. The molecule has 0 aliphatic heterocycles. The molecule has 1 aromatic heterocycles. The van der Waals surface area contributed by atoms with Gasteiger partial charge in [-0.15, -0.1) is 0 Å². The van der Waals surface area contributed by atoms with Crippen molar-refractivity contribution in [3.63, 3.8) is 0 Å². The van der Waals surface area contributed by atoms with Crippen LogP contribution in [0.4, 0.5) is 0 Å². The maximum atomic E-state index is 4.52. The average Bonchev–Trinajstić information content (AvgIpc) is 2.18. The number of rotatable bonds is 1. The number of halogens is 1. The lowest BCUT2D eigenvalue weighted by molar-refractivity contribution is 0.435. The molecule has 1 aliphatic rings. The van der Waals surface area contributed by atoms with Gasteiger partial charge >= 0.3 is 0 Å². The van der Waals surface area contributed by atoms with Crippen molar-refractivity contribution in [3.8, 4) is 0 Å². The van der Waals surface area contributed by atoms with E-state index in [0.717, 1.165) is 10.4 Å². The van der Waals surface area contributed by atoms with E-state index in [0.29, 0.717) is 5.92 Å². The smallest absolute Gasteiger partial charge is 0.126 e. The topological polar surface area (TPSA) is 25.8 Å². The van der Waals surface area contributed by atoms with E-state index in [1.54, 1.807) is 0 Å². The first kappa shape index (κ1) is 10.1. The van der Waals surface area contributed by atoms with E-state index in [1.165, 1.54) is 37.8 Å². The summed E-state index contributed by atoms with van der Waals surface area (Å²) in [4.78, 5) is 8.75. The molecule has 1 saturated carbocycles. The molecular weight excluding hydrogens is 240 g/mol. The van der Waals surface area contributed by atoms with Crippen molar-refractivity contribution in [2.24, 2.45) is 0 Å². The normalized spacial score (nSPS) is 18.4. The van der Waals surface area contributed by atoms with Crippen LogP contribution in [-0.4, -0.2) is 9.97 Å². The summed E-state index contributed by atoms with van der Waals surface area (Å²) in [6.07, 6.45) is 6.68. The van der Waals surface area contributed by atoms with Gasteiger partial charge in [-0.2, -0.15) is 0 Å². The van der Waals surface area contributed by atoms with Gasteiger partial charge in [0.15, 0.2) is 0 Å². The summed E-state index contributed by atoms with van der Waals surface area (Å²) in [7, 11) is 0. The molecule has 0 spiro atoms. The molecule has 0 saturated heterocycles. The minimum absolute atomic E-state index is 0.668. The molecule has 1 fully saturated rings. The van der Waals surface area contributed by atoms with Crippen LogP contribution in [0.25, 0.3) is 0 Å². The van der Waals surface area contributed by atoms with Crippen LogP contribution in [-0.2, 0) is 0 Å². The van der Waals surface area contributed by atoms with E-state index in [-0.39, 0.29) is 0 Å². The summed E-state index contributed by atoms with van der Waals surface area (Å²) in [5, 5.41) is 0. The third-order valence-electron chi connectivity index (χ3n) is 2.85. The van der Waals surface area contributed by atoms with Crippen molar-refractivity contribution in [1.82, 2.24) is 9.97 Å². The van der Waals surface area contributed by atoms with E-state index in [2.05, 4.69) is 32.0 Å². The van der Waals surface area contributed by atoms with Crippen LogP contribution in [0.5, 0.6) is 0 Å². The Morgan fingerprint density at radius 1 is 1.21 bits per heavy atom. The molecule has 14 heavy (non-hydrogen) atoms.